The number of fused-ring (bicyclic) bond motifs is 4. The Morgan fingerprint density at radius 1 is 1.21 bits per heavy atom. The van der Waals surface area contributed by atoms with Gasteiger partial charge in [0.25, 0.3) is 5.91 Å². The highest BCUT2D eigenvalue weighted by Crippen LogP contribution is 2.51. The number of nitrogens with two attached hydrogens (primary N) is 2. The van der Waals surface area contributed by atoms with Gasteiger partial charge in [-0.05, 0) is 42.3 Å². The zero-order valence-electron chi connectivity index (χ0n) is 17.6. The molecule has 4 amide bonds. The number of aryl methyl sites for hydroxylation is 1. The smallest absolute Gasteiger partial charge is 0.291 e. The molecule has 4 atom stereocenters. The largest absolute Gasteiger partial charge is 0.369 e. The van der Waals surface area contributed by atoms with Gasteiger partial charge in [-0.25, -0.2) is 4.39 Å². The van der Waals surface area contributed by atoms with E-state index in [1.54, 1.807) is 17.4 Å². The van der Waals surface area contributed by atoms with Gasteiger partial charge < -0.3 is 16.4 Å². The third-order valence-electron chi connectivity index (χ3n) is 6.86. The zero-order valence-corrected chi connectivity index (χ0v) is 18.4. The van der Waals surface area contributed by atoms with Crippen LogP contribution < -0.4 is 16.4 Å². The van der Waals surface area contributed by atoms with Gasteiger partial charge in [0.05, 0.1) is 23.7 Å². The normalized spacial score (nSPS) is 27.8. The fourth-order valence-corrected chi connectivity index (χ4v) is 5.88. The van der Waals surface area contributed by atoms with Crippen LogP contribution in [0.2, 0.25) is 5.02 Å². The molecule has 2 aromatic rings. The summed E-state index contributed by atoms with van der Waals surface area (Å²) in [5, 5.41) is 4.74. The molecule has 5 N–H and O–H groups in total. The predicted molar refractivity (Wildman–Crippen MR) is 115 cm³/mol. The first-order valence-electron chi connectivity index (χ1n) is 10.5. The number of quaternary nitrogens is 1. The Hall–Kier alpha value is -3.30. The molecule has 3 aliphatic heterocycles. The SMILES string of the molecule is Cc1cc(Cl)c2c(c1)[C@]1([NH2+][C@H](CC(N)=O)[C@H]3C(=O)N(Cc4ccc(F)cc4)C(=O)[C@H]31)C(=O)N2. The van der Waals surface area contributed by atoms with Crippen molar-refractivity contribution in [2.45, 2.75) is 31.5 Å². The van der Waals surface area contributed by atoms with Gasteiger partial charge in [0.2, 0.25) is 23.3 Å². The van der Waals surface area contributed by atoms with Gasteiger partial charge in [-0.1, -0.05) is 23.7 Å². The summed E-state index contributed by atoms with van der Waals surface area (Å²) < 4.78 is 13.3. The number of halogens is 2. The van der Waals surface area contributed by atoms with Crippen molar-refractivity contribution < 1.29 is 28.9 Å². The van der Waals surface area contributed by atoms with E-state index >= 15 is 0 Å². The molecular weight excluding hydrogens is 451 g/mol. The number of nitrogens with one attached hydrogen (secondary N) is 1. The maximum absolute atomic E-state index is 13.7. The van der Waals surface area contributed by atoms with Gasteiger partial charge in [0, 0.05) is 5.56 Å². The second-order valence-corrected chi connectivity index (χ2v) is 9.29. The van der Waals surface area contributed by atoms with Gasteiger partial charge in [-0.3, -0.25) is 24.1 Å². The van der Waals surface area contributed by atoms with Gasteiger partial charge in [0.15, 0.2) is 0 Å². The number of primary amides is 1. The third-order valence-corrected chi connectivity index (χ3v) is 7.15. The van der Waals surface area contributed by atoms with Crippen molar-refractivity contribution in [2.24, 2.45) is 17.6 Å². The Bertz CT molecular complexity index is 1230. The first-order valence-corrected chi connectivity index (χ1v) is 10.9. The summed E-state index contributed by atoms with van der Waals surface area (Å²) in [7, 11) is 0. The highest BCUT2D eigenvalue weighted by atomic mass is 35.5. The van der Waals surface area contributed by atoms with E-state index in [1.165, 1.54) is 24.3 Å². The second kappa shape index (κ2) is 7.36. The van der Waals surface area contributed by atoms with Crippen molar-refractivity contribution in [2.75, 3.05) is 5.32 Å². The van der Waals surface area contributed by atoms with Crippen LogP contribution in [0.4, 0.5) is 10.1 Å². The maximum Gasteiger partial charge on any atom is 0.291 e. The Labute approximate surface area is 193 Å². The summed E-state index contributed by atoms with van der Waals surface area (Å²) in [6, 6.07) is 8.27. The third kappa shape index (κ3) is 3.07. The Morgan fingerprint density at radius 2 is 1.91 bits per heavy atom. The van der Waals surface area contributed by atoms with Crippen LogP contribution in [0.25, 0.3) is 0 Å². The first-order chi connectivity index (χ1) is 15.6. The lowest BCUT2D eigenvalue weighted by Gasteiger charge is -2.26. The number of nitrogens with zero attached hydrogens (tertiary/aromatic N) is 1. The Morgan fingerprint density at radius 3 is 2.58 bits per heavy atom. The molecule has 33 heavy (non-hydrogen) atoms. The number of carbonyl (C=O) groups excluding carboxylic acids is 4. The first kappa shape index (κ1) is 21.5. The summed E-state index contributed by atoms with van der Waals surface area (Å²) in [5.74, 6) is -4.47. The van der Waals surface area contributed by atoms with E-state index in [1.807, 2.05) is 6.92 Å². The number of amides is 4. The van der Waals surface area contributed by atoms with Crippen LogP contribution in [0.1, 0.15) is 23.1 Å². The van der Waals surface area contributed by atoms with Crippen LogP contribution in [0.3, 0.4) is 0 Å². The molecule has 1 spiro atoms. The van der Waals surface area contributed by atoms with E-state index < -0.39 is 52.9 Å². The van der Waals surface area contributed by atoms with Crippen molar-refractivity contribution in [1.82, 2.24) is 4.90 Å². The molecule has 8 nitrogen and oxygen atoms in total. The summed E-state index contributed by atoms with van der Waals surface area (Å²) in [6.45, 7) is 1.76. The molecule has 2 fully saturated rings. The van der Waals surface area contributed by atoms with E-state index in [-0.39, 0.29) is 13.0 Å². The highest BCUT2D eigenvalue weighted by Gasteiger charge is 2.74. The molecule has 0 aromatic heterocycles. The van der Waals surface area contributed by atoms with Crippen molar-refractivity contribution in [3.05, 3.63) is 63.9 Å². The molecular formula is C23H21ClFN4O4+. The number of benzene rings is 2. The van der Waals surface area contributed by atoms with Crippen molar-refractivity contribution >= 4 is 40.9 Å². The van der Waals surface area contributed by atoms with Crippen LogP contribution in [0.15, 0.2) is 36.4 Å². The molecule has 3 heterocycles. The Kier molecular flexibility index (Phi) is 4.80. The molecule has 0 saturated carbocycles. The lowest BCUT2D eigenvalue weighted by Crippen LogP contribution is -2.99. The summed E-state index contributed by atoms with van der Waals surface area (Å²) >= 11 is 6.38. The maximum atomic E-state index is 13.7. The van der Waals surface area contributed by atoms with Crippen LogP contribution in [0, 0.1) is 24.6 Å². The van der Waals surface area contributed by atoms with Crippen LogP contribution in [-0.2, 0) is 31.3 Å². The number of imide groups is 1. The Balaban J connectivity index is 1.62. The molecule has 0 aliphatic carbocycles. The molecule has 0 radical (unpaired) electrons. The minimum Gasteiger partial charge on any atom is -0.369 e. The van der Waals surface area contributed by atoms with E-state index in [0.29, 0.717) is 21.8 Å². The zero-order chi connectivity index (χ0) is 23.7. The lowest BCUT2D eigenvalue weighted by atomic mass is 9.76. The number of likely N-dealkylation sites (tertiary alicyclic amines) is 1. The quantitative estimate of drug-likeness (QED) is 0.563. The summed E-state index contributed by atoms with van der Waals surface area (Å²) in [6.07, 6.45) is -0.172. The van der Waals surface area contributed by atoms with E-state index in [9.17, 15) is 23.6 Å². The molecule has 0 unspecified atom stereocenters. The average molecular weight is 472 g/mol. The van der Waals surface area contributed by atoms with Crippen molar-refractivity contribution in [3.8, 4) is 0 Å². The van der Waals surface area contributed by atoms with Gasteiger partial charge in [-0.15, -0.1) is 0 Å². The molecule has 5 rings (SSSR count). The van der Waals surface area contributed by atoms with Crippen LogP contribution >= 0.6 is 11.6 Å². The second-order valence-electron chi connectivity index (χ2n) is 8.89. The fraction of sp³-hybridized carbons (Fsp3) is 0.304. The standard InChI is InChI=1S/C23H20ClFN4O4/c1-10-6-13-19(14(24)7-10)27-22(33)23(13)18-17(15(28-23)8-16(26)30)20(31)29(21(18)32)9-11-2-4-12(25)5-3-11/h2-7,15,17-18,28H,8-9H2,1H3,(H2,26,30)(H,27,33)/p+1/t15-,17-,18+,23-/m1/s1. The van der Waals surface area contributed by atoms with Gasteiger partial charge >= 0.3 is 0 Å². The monoisotopic (exact) mass is 471 g/mol. The van der Waals surface area contributed by atoms with E-state index in [2.05, 4.69) is 5.32 Å². The molecule has 170 valence electrons. The molecule has 10 heteroatoms. The van der Waals surface area contributed by atoms with E-state index in [0.717, 1.165) is 10.5 Å². The van der Waals surface area contributed by atoms with Crippen LogP contribution in [0.5, 0.6) is 0 Å². The number of anilines is 1. The number of carbonyl (C=O) groups is 4. The summed E-state index contributed by atoms with van der Waals surface area (Å²) in [5.41, 5.74) is 6.28. The highest BCUT2D eigenvalue weighted by molar-refractivity contribution is 6.35. The molecule has 3 aliphatic rings. The minimum absolute atomic E-state index is 0.0621. The predicted octanol–water partition coefficient (Wildman–Crippen LogP) is 0.557. The number of hydrogen-bond acceptors (Lipinski definition) is 4. The molecule has 0 bridgehead atoms. The topological polar surface area (TPSA) is 126 Å². The van der Waals surface area contributed by atoms with Gasteiger partial charge in [-0.2, -0.15) is 0 Å². The fourth-order valence-electron chi connectivity index (χ4n) is 5.56. The van der Waals surface area contributed by atoms with Crippen molar-refractivity contribution in [1.29, 1.82) is 0 Å². The minimum atomic E-state index is -1.44. The van der Waals surface area contributed by atoms with Gasteiger partial charge in [0.1, 0.15) is 23.7 Å². The van der Waals surface area contributed by atoms with E-state index in [4.69, 9.17) is 17.3 Å². The molecule has 2 aromatic carbocycles. The number of hydrogen-bond donors (Lipinski definition) is 3. The lowest BCUT2D eigenvalue weighted by molar-refractivity contribution is -0.732. The molecule has 2 saturated heterocycles. The number of rotatable bonds is 4. The van der Waals surface area contributed by atoms with Crippen molar-refractivity contribution in [3.63, 3.8) is 0 Å². The summed E-state index contributed by atoms with van der Waals surface area (Å²) in [4.78, 5) is 53.4. The van der Waals surface area contributed by atoms with Crippen LogP contribution in [-0.4, -0.2) is 34.6 Å². The average Bonchev–Trinajstić information content (AvgIpc) is 3.31.